The van der Waals surface area contributed by atoms with Gasteiger partial charge in [-0.2, -0.15) is 0 Å². The van der Waals surface area contributed by atoms with E-state index in [1.807, 2.05) is 44.7 Å². The molecule has 1 aliphatic heterocycles. The molecule has 1 heterocycles. The number of likely N-dealkylation sites (tertiary alicyclic amines) is 1. The van der Waals surface area contributed by atoms with Crippen LogP contribution in [0.2, 0.25) is 0 Å². The van der Waals surface area contributed by atoms with Crippen LogP contribution < -0.4 is 4.74 Å². The number of hydrogen-bond acceptors (Lipinski definition) is 4. The van der Waals surface area contributed by atoms with Crippen molar-refractivity contribution in [3.63, 3.8) is 0 Å². The summed E-state index contributed by atoms with van der Waals surface area (Å²) in [6.07, 6.45) is 1.44. The van der Waals surface area contributed by atoms with Crippen molar-refractivity contribution in [2.45, 2.75) is 53.1 Å². The standard InChI is InChI=1S/C20H29NO4/c1-5-17(25-18-8-7-14(3)13-15(18)4)19(22)21-11-9-16(10-12-21)20(23)24-6-2/h7-8,13,16-17H,5-6,9-12H2,1-4H3/t17-/m1/s1. The number of ether oxygens (including phenoxy) is 2. The van der Waals surface area contributed by atoms with Crippen LogP contribution in [-0.2, 0) is 14.3 Å². The van der Waals surface area contributed by atoms with E-state index in [1.165, 1.54) is 5.56 Å². The molecule has 1 aliphatic rings. The quantitative estimate of drug-likeness (QED) is 0.741. The normalized spacial score (nSPS) is 16.4. The number of nitrogens with zero attached hydrogens (tertiary/aromatic N) is 1. The lowest BCUT2D eigenvalue weighted by atomic mass is 9.96. The molecule has 1 atom stereocenters. The van der Waals surface area contributed by atoms with Gasteiger partial charge in [0, 0.05) is 13.1 Å². The van der Waals surface area contributed by atoms with Crippen LogP contribution in [0.15, 0.2) is 18.2 Å². The van der Waals surface area contributed by atoms with E-state index >= 15 is 0 Å². The van der Waals surface area contributed by atoms with E-state index in [4.69, 9.17) is 9.47 Å². The number of amides is 1. The van der Waals surface area contributed by atoms with E-state index in [0.717, 1.165) is 11.3 Å². The lowest BCUT2D eigenvalue weighted by Crippen LogP contribution is -2.46. The van der Waals surface area contributed by atoms with Crippen LogP contribution in [0.5, 0.6) is 5.75 Å². The van der Waals surface area contributed by atoms with Gasteiger partial charge in [-0.1, -0.05) is 24.6 Å². The van der Waals surface area contributed by atoms with E-state index in [2.05, 4.69) is 6.07 Å². The minimum atomic E-state index is -0.486. The summed E-state index contributed by atoms with van der Waals surface area (Å²) < 4.78 is 11.1. The molecular weight excluding hydrogens is 318 g/mol. The lowest BCUT2D eigenvalue weighted by Gasteiger charge is -2.33. The second-order valence-corrected chi connectivity index (χ2v) is 6.64. The van der Waals surface area contributed by atoms with Crippen LogP contribution in [0, 0.1) is 19.8 Å². The maximum atomic E-state index is 12.8. The Balaban J connectivity index is 1.95. The van der Waals surface area contributed by atoms with E-state index in [9.17, 15) is 9.59 Å². The first kappa shape index (κ1) is 19.3. The number of carbonyl (C=O) groups excluding carboxylic acids is 2. The number of carbonyl (C=O) groups is 2. The third kappa shape index (κ3) is 4.97. The SMILES string of the molecule is CCOC(=O)C1CCN(C(=O)[C@@H](CC)Oc2ccc(C)cc2C)CC1. The zero-order valence-electron chi connectivity index (χ0n) is 15.7. The number of aryl methyl sites for hydroxylation is 2. The number of hydrogen-bond donors (Lipinski definition) is 0. The van der Waals surface area contributed by atoms with Gasteiger partial charge in [0.25, 0.3) is 5.91 Å². The molecule has 0 unspecified atom stereocenters. The van der Waals surface area contributed by atoms with Crippen molar-refractivity contribution in [2.75, 3.05) is 19.7 Å². The molecule has 1 saturated heterocycles. The second kappa shape index (κ2) is 8.88. The molecule has 5 nitrogen and oxygen atoms in total. The summed E-state index contributed by atoms with van der Waals surface area (Å²) in [5.41, 5.74) is 2.21. The number of esters is 1. The summed E-state index contributed by atoms with van der Waals surface area (Å²) in [6.45, 7) is 9.35. The fraction of sp³-hybridized carbons (Fsp3) is 0.600. The molecule has 0 spiro atoms. The van der Waals surface area contributed by atoms with Crippen LogP contribution in [-0.4, -0.2) is 42.6 Å². The average molecular weight is 347 g/mol. The minimum absolute atomic E-state index is 0.00443. The van der Waals surface area contributed by atoms with Crippen molar-refractivity contribution in [1.29, 1.82) is 0 Å². The van der Waals surface area contributed by atoms with Crippen molar-refractivity contribution < 1.29 is 19.1 Å². The second-order valence-electron chi connectivity index (χ2n) is 6.64. The average Bonchev–Trinajstić information content (AvgIpc) is 2.61. The highest BCUT2D eigenvalue weighted by Crippen LogP contribution is 2.24. The molecule has 0 N–H and O–H groups in total. The summed E-state index contributed by atoms with van der Waals surface area (Å²) in [5.74, 6) is 0.523. The Hall–Kier alpha value is -2.04. The van der Waals surface area contributed by atoms with E-state index < -0.39 is 6.10 Å². The Morgan fingerprint density at radius 3 is 2.44 bits per heavy atom. The molecule has 2 rings (SSSR count). The Bertz CT molecular complexity index is 606. The van der Waals surface area contributed by atoms with Crippen molar-refractivity contribution in [1.82, 2.24) is 4.90 Å². The van der Waals surface area contributed by atoms with Gasteiger partial charge >= 0.3 is 5.97 Å². The van der Waals surface area contributed by atoms with Crippen LogP contribution in [0.25, 0.3) is 0 Å². The Kier molecular flexibility index (Phi) is 6.85. The van der Waals surface area contributed by atoms with Gasteiger partial charge in [0.15, 0.2) is 6.10 Å². The molecule has 1 fully saturated rings. The largest absolute Gasteiger partial charge is 0.480 e. The maximum Gasteiger partial charge on any atom is 0.309 e. The fourth-order valence-corrected chi connectivity index (χ4v) is 3.19. The number of rotatable bonds is 6. The predicted molar refractivity (Wildman–Crippen MR) is 96.6 cm³/mol. The predicted octanol–water partition coefficient (Wildman–Crippen LogP) is 3.26. The molecule has 1 aromatic rings. The number of piperidine rings is 1. The van der Waals surface area contributed by atoms with Gasteiger partial charge in [0.2, 0.25) is 0 Å². The van der Waals surface area contributed by atoms with Gasteiger partial charge in [0.05, 0.1) is 12.5 Å². The first-order valence-corrected chi connectivity index (χ1v) is 9.15. The highest BCUT2D eigenvalue weighted by Gasteiger charge is 2.31. The Labute approximate surface area is 150 Å². The third-order valence-corrected chi connectivity index (χ3v) is 4.67. The fourth-order valence-electron chi connectivity index (χ4n) is 3.19. The highest BCUT2D eigenvalue weighted by atomic mass is 16.5. The molecule has 0 aromatic heterocycles. The first-order chi connectivity index (χ1) is 12.0. The molecule has 0 bridgehead atoms. The van der Waals surface area contributed by atoms with E-state index in [0.29, 0.717) is 39.0 Å². The van der Waals surface area contributed by atoms with Crippen molar-refractivity contribution in [2.24, 2.45) is 5.92 Å². The monoisotopic (exact) mass is 347 g/mol. The molecule has 138 valence electrons. The molecule has 25 heavy (non-hydrogen) atoms. The lowest BCUT2D eigenvalue weighted by molar-refractivity contribution is -0.152. The van der Waals surface area contributed by atoms with Crippen LogP contribution in [0.4, 0.5) is 0 Å². The zero-order chi connectivity index (χ0) is 18.4. The Morgan fingerprint density at radius 1 is 1.20 bits per heavy atom. The highest BCUT2D eigenvalue weighted by molar-refractivity contribution is 5.82. The molecule has 0 aliphatic carbocycles. The summed E-state index contributed by atoms with van der Waals surface area (Å²) >= 11 is 0. The topological polar surface area (TPSA) is 55.8 Å². The van der Waals surface area contributed by atoms with Crippen LogP contribution >= 0.6 is 0 Å². The molecule has 0 radical (unpaired) electrons. The zero-order valence-corrected chi connectivity index (χ0v) is 15.7. The van der Waals surface area contributed by atoms with Crippen LogP contribution in [0.3, 0.4) is 0 Å². The van der Waals surface area contributed by atoms with Gasteiger partial charge in [0.1, 0.15) is 5.75 Å². The van der Waals surface area contributed by atoms with Crippen molar-refractivity contribution in [3.8, 4) is 5.75 Å². The van der Waals surface area contributed by atoms with Gasteiger partial charge < -0.3 is 14.4 Å². The molecule has 1 aromatic carbocycles. The molecular formula is C20H29NO4. The summed E-state index contributed by atoms with van der Waals surface area (Å²) in [5, 5.41) is 0. The van der Waals surface area contributed by atoms with Crippen molar-refractivity contribution in [3.05, 3.63) is 29.3 Å². The van der Waals surface area contributed by atoms with Gasteiger partial charge in [-0.15, -0.1) is 0 Å². The van der Waals surface area contributed by atoms with Gasteiger partial charge in [-0.25, -0.2) is 0 Å². The van der Waals surface area contributed by atoms with E-state index in [-0.39, 0.29) is 17.8 Å². The van der Waals surface area contributed by atoms with Crippen LogP contribution in [0.1, 0.15) is 44.2 Å². The summed E-state index contributed by atoms with van der Waals surface area (Å²) in [7, 11) is 0. The van der Waals surface area contributed by atoms with Gasteiger partial charge in [-0.05, 0) is 51.7 Å². The Morgan fingerprint density at radius 2 is 1.88 bits per heavy atom. The number of benzene rings is 1. The first-order valence-electron chi connectivity index (χ1n) is 9.15. The van der Waals surface area contributed by atoms with Gasteiger partial charge in [-0.3, -0.25) is 9.59 Å². The third-order valence-electron chi connectivity index (χ3n) is 4.67. The molecule has 1 amide bonds. The molecule has 5 heteroatoms. The smallest absolute Gasteiger partial charge is 0.309 e. The van der Waals surface area contributed by atoms with E-state index in [1.54, 1.807) is 0 Å². The summed E-state index contributed by atoms with van der Waals surface area (Å²) in [4.78, 5) is 26.4. The summed E-state index contributed by atoms with van der Waals surface area (Å²) in [6, 6.07) is 5.97. The molecule has 0 saturated carbocycles. The minimum Gasteiger partial charge on any atom is -0.480 e. The maximum absolute atomic E-state index is 12.8. The van der Waals surface area contributed by atoms with Crippen molar-refractivity contribution >= 4 is 11.9 Å².